The van der Waals surface area contributed by atoms with Crippen LogP contribution in [-0.4, -0.2) is 40.8 Å². The van der Waals surface area contributed by atoms with Crippen LogP contribution in [0.1, 0.15) is 43.4 Å². The monoisotopic (exact) mass is 517 g/mol. The Labute approximate surface area is 230 Å². The van der Waals surface area contributed by atoms with Gasteiger partial charge in [0.2, 0.25) is 0 Å². The van der Waals surface area contributed by atoms with Crippen LogP contribution in [0.3, 0.4) is 0 Å². The van der Waals surface area contributed by atoms with E-state index in [1.54, 1.807) is 7.11 Å². The van der Waals surface area contributed by atoms with Gasteiger partial charge in [0.1, 0.15) is 24.4 Å². The van der Waals surface area contributed by atoms with E-state index in [9.17, 15) is 5.11 Å². The average Bonchev–Trinajstić information content (AvgIpc) is 3.00. The maximum absolute atomic E-state index is 12.3. The molecule has 4 heteroatoms. The number of nitrogens with zero attached hydrogens (tertiary/aromatic N) is 2. The average molecular weight is 518 g/mol. The molecule has 3 aliphatic rings. The minimum atomic E-state index is -0.565. The predicted octanol–water partition coefficient (Wildman–Crippen LogP) is 7.42. The quantitative estimate of drug-likeness (QED) is 0.188. The number of ether oxygens (including phenoxy) is 1. The largest absolute Gasteiger partial charge is 0.497 e. The van der Waals surface area contributed by atoms with E-state index in [1.165, 1.54) is 39.9 Å². The van der Waals surface area contributed by atoms with E-state index in [0.717, 1.165) is 52.8 Å². The SMILES string of the molecule is CCC1C[N+]2(Cc3c4ccccc4cc4ccccc34)CCC1CC2[C@H](O)c1ccnc2ccc(OC)cc12. The fraction of sp³-hybridized carbons (Fsp3) is 0.343. The van der Waals surface area contributed by atoms with Crippen LogP contribution in [0.15, 0.2) is 85.1 Å². The van der Waals surface area contributed by atoms with E-state index >= 15 is 0 Å². The highest BCUT2D eigenvalue weighted by atomic mass is 16.5. The van der Waals surface area contributed by atoms with Crippen LogP contribution in [0.25, 0.3) is 32.4 Å². The zero-order valence-electron chi connectivity index (χ0n) is 22.9. The summed E-state index contributed by atoms with van der Waals surface area (Å²) in [7, 11) is 1.69. The number of pyridine rings is 1. The van der Waals surface area contributed by atoms with Gasteiger partial charge in [-0.05, 0) is 69.8 Å². The van der Waals surface area contributed by atoms with Crippen LogP contribution in [0.4, 0.5) is 0 Å². The van der Waals surface area contributed by atoms with Crippen molar-refractivity contribution in [1.29, 1.82) is 0 Å². The van der Waals surface area contributed by atoms with E-state index in [-0.39, 0.29) is 6.04 Å². The molecule has 5 atom stereocenters. The van der Waals surface area contributed by atoms with E-state index in [0.29, 0.717) is 11.8 Å². The summed E-state index contributed by atoms with van der Waals surface area (Å²) in [6.07, 6.45) is 4.80. The molecule has 8 rings (SSSR count). The number of aliphatic hydroxyl groups excluding tert-OH is 1. The van der Waals surface area contributed by atoms with Crippen molar-refractivity contribution in [1.82, 2.24) is 4.98 Å². The topological polar surface area (TPSA) is 42.4 Å². The highest BCUT2D eigenvalue weighted by Gasteiger charge is 2.54. The summed E-state index contributed by atoms with van der Waals surface area (Å²) >= 11 is 0. The molecule has 5 aromatic rings. The molecule has 3 saturated heterocycles. The summed E-state index contributed by atoms with van der Waals surface area (Å²) in [6, 6.07) is 28.2. The Morgan fingerprint density at radius 1 is 0.949 bits per heavy atom. The minimum Gasteiger partial charge on any atom is -0.497 e. The summed E-state index contributed by atoms with van der Waals surface area (Å²) in [6.45, 7) is 5.54. The van der Waals surface area contributed by atoms with Gasteiger partial charge in [0, 0.05) is 35.9 Å². The second kappa shape index (κ2) is 9.62. The van der Waals surface area contributed by atoms with Gasteiger partial charge < -0.3 is 14.3 Å². The van der Waals surface area contributed by atoms with Crippen molar-refractivity contribution in [3.63, 3.8) is 0 Å². The molecular weight excluding hydrogens is 480 g/mol. The molecule has 4 heterocycles. The molecule has 0 amide bonds. The maximum atomic E-state index is 12.3. The summed E-state index contributed by atoms with van der Waals surface area (Å²) in [4.78, 5) is 4.60. The molecule has 4 nitrogen and oxygen atoms in total. The number of rotatable bonds is 6. The van der Waals surface area contributed by atoms with Crippen molar-refractivity contribution in [2.75, 3.05) is 20.2 Å². The first kappa shape index (κ1) is 24.6. The van der Waals surface area contributed by atoms with Crippen molar-refractivity contribution in [3.8, 4) is 5.75 Å². The van der Waals surface area contributed by atoms with E-state index < -0.39 is 6.10 Å². The highest BCUT2D eigenvalue weighted by molar-refractivity contribution is 6.02. The second-order valence-corrected chi connectivity index (χ2v) is 11.8. The molecule has 0 radical (unpaired) electrons. The number of piperidine rings is 3. The molecule has 1 N–H and O–H groups in total. The number of fused-ring (bicyclic) bond motifs is 6. The first-order valence-corrected chi connectivity index (χ1v) is 14.5. The number of hydrogen-bond acceptors (Lipinski definition) is 3. The highest BCUT2D eigenvalue weighted by Crippen LogP contribution is 2.49. The molecule has 4 unspecified atom stereocenters. The van der Waals surface area contributed by atoms with Crippen molar-refractivity contribution in [2.24, 2.45) is 11.8 Å². The normalized spacial score (nSPS) is 25.4. The van der Waals surface area contributed by atoms with Crippen LogP contribution in [0.2, 0.25) is 0 Å². The molecular formula is C35H37N2O2+. The molecule has 0 spiro atoms. The number of methoxy groups -OCH3 is 1. The van der Waals surface area contributed by atoms with Gasteiger partial charge in [-0.1, -0.05) is 55.5 Å². The number of aliphatic hydroxyl groups is 1. The van der Waals surface area contributed by atoms with Crippen LogP contribution in [0.5, 0.6) is 5.75 Å². The first-order chi connectivity index (χ1) is 19.1. The molecule has 1 aromatic heterocycles. The van der Waals surface area contributed by atoms with E-state index in [1.807, 2.05) is 30.5 Å². The van der Waals surface area contributed by atoms with E-state index in [2.05, 4.69) is 66.5 Å². The lowest BCUT2D eigenvalue weighted by Crippen LogP contribution is -2.67. The van der Waals surface area contributed by atoms with Crippen molar-refractivity contribution < 1.29 is 14.3 Å². The number of benzene rings is 4. The van der Waals surface area contributed by atoms with Crippen LogP contribution in [-0.2, 0) is 6.54 Å². The minimum absolute atomic E-state index is 0.140. The molecule has 4 aromatic carbocycles. The van der Waals surface area contributed by atoms with Crippen molar-refractivity contribution >= 4 is 32.4 Å². The molecule has 3 aliphatic heterocycles. The number of aromatic nitrogens is 1. The Morgan fingerprint density at radius 2 is 1.69 bits per heavy atom. The zero-order valence-corrected chi connectivity index (χ0v) is 22.9. The van der Waals surface area contributed by atoms with Gasteiger partial charge in [-0.2, -0.15) is 0 Å². The van der Waals surface area contributed by atoms with Gasteiger partial charge >= 0.3 is 0 Å². The Kier molecular flexibility index (Phi) is 6.06. The lowest BCUT2D eigenvalue weighted by atomic mass is 9.70. The maximum Gasteiger partial charge on any atom is 0.131 e. The first-order valence-electron chi connectivity index (χ1n) is 14.5. The predicted molar refractivity (Wildman–Crippen MR) is 159 cm³/mol. The fourth-order valence-corrected chi connectivity index (χ4v) is 8.00. The van der Waals surface area contributed by atoms with Crippen LogP contribution < -0.4 is 4.74 Å². The molecule has 0 aliphatic carbocycles. The van der Waals surface area contributed by atoms with Crippen LogP contribution >= 0.6 is 0 Å². The Morgan fingerprint density at radius 3 is 2.41 bits per heavy atom. The second-order valence-electron chi connectivity index (χ2n) is 11.8. The van der Waals surface area contributed by atoms with Gasteiger partial charge in [0.05, 0.1) is 25.7 Å². The summed E-state index contributed by atoms with van der Waals surface area (Å²) in [5.41, 5.74) is 3.31. The molecule has 0 saturated carbocycles. The van der Waals surface area contributed by atoms with Gasteiger partial charge in [0.25, 0.3) is 0 Å². The van der Waals surface area contributed by atoms with Crippen LogP contribution in [0, 0.1) is 11.8 Å². The van der Waals surface area contributed by atoms with Gasteiger partial charge in [-0.25, -0.2) is 0 Å². The Balaban J connectivity index is 1.38. The van der Waals surface area contributed by atoms with Gasteiger partial charge in [-0.3, -0.25) is 4.98 Å². The summed E-state index contributed by atoms with van der Waals surface area (Å²) < 4.78 is 6.49. The Hall–Kier alpha value is -3.47. The number of hydrogen-bond donors (Lipinski definition) is 1. The summed E-state index contributed by atoms with van der Waals surface area (Å²) in [5.74, 6) is 2.19. The van der Waals surface area contributed by atoms with E-state index in [4.69, 9.17) is 4.74 Å². The third kappa shape index (κ3) is 4.00. The van der Waals surface area contributed by atoms with Gasteiger partial charge in [0.15, 0.2) is 0 Å². The molecule has 39 heavy (non-hydrogen) atoms. The summed E-state index contributed by atoms with van der Waals surface area (Å²) in [5, 5.41) is 18.6. The number of quaternary nitrogens is 1. The fourth-order valence-electron chi connectivity index (χ4n) is 8.00. The lowest BCUT2D eigenvalue weighted by molar-refractivity contribution is -0.985. The lowest BCUT2D eigenvalue weighted by Gasteiger charge is -2.58. The molecule has 3 fully saturated rings. The Bertz CT molecular complexity index is 1630. The van der Waals surface area contributed by atoms with Gasteiger partial charge in [-0.15, -0.1) is 0 Å². The zero-order chi connectivity index (χ0) is 26.6. The smallest absolute Gasteiger partial charge is 0.131 e. The molecule has 2 bridgehead atoms. The van der Waals surface area contributed by atoms with Crippen molar-refractivity contribution in [3.05, 3.63) is 96.2 Å². The third-order valence-corrected chi connectivity index (χ3v) is 10.0. The van der Waals surface area contributed by atoms with Crippen molar-refractivity contribution in [2.45, 2.75) is 44.9 Å². The molecule has 198 valence electrons. The third-order valence-electron chi connectivity index (χ3n) is 10.0. The standard InChI is InChI=1S/C35H37N2O2/c1-3-23-21-37(22-32-28-10-6-4-8-25(28)18-26-9-5-7-11-29(26)32)17-15-24(23)19-34(37)35(38)30-14-16-36-33-13-12-27(39-2)20-31(30)33/h4-14,16,18,20,23-24,34-35,38H,3,15,17,19,21-22H2,1-2H3/q+1/t23?,24?,34?,35-,37?/m1/s1.